The molecule has 0 aliphatic carbocycles. The molecule has 1 aromatic heterocycles. The van der Waals surface area contributed by atoms with E-state index in [1.165, 1.54) is 0 Å². The zero-order valence-electron chi connectivity index (χ0n) is 12.9. The van der Waals surface area contributed by atoms with E-state index in [0.717, 1.165) is 11.1 Å². The van der Waals surface area contributed by atoms with Gasteiger partial charge in [-0.15, -0.1) is 0 Å². The Morgan fingerprint density at radius 2 is 1.88 bits per heavy atom. The Hall–Kier alpha value is -2.71. The lowest BCUT2D eigenvalue weighted by Crippen LogP contribution is -2.14. The molecule has 0 radical (unpaired) electrons. The summed E-state index contributed by atoms with van der Waals surface area (Å²) in [7, 11) is -1.95. The van der Waals surface area contributed by atoms with Crippen LogP contribution in [0.1, 0.15) is 13.0 Å². The fourth-order valence-electron chi connectivity index (χ4n) is 2.30. The van der Waals surface area contributed by atoms with Gasteiger partial charge in [0, 0.05) is 17.3 Å². The van der Waals surface area contributed by atoms with Crippen molar-refractivity contribution in [3.05, 3.63) is 54.2 Å². The monoisotopic (exact) mass is 360 g/mol. The largest absolute Gasteiger partial charge is 0.494 e. The number of nitrogens with zero attached hydrogens (tertiary/aromatic N) is 2. The Labute approximate surface area is 146 Å². The summed E-state index contributed by atoms with van der Waals surface area (Å²) >= 11 is 0. The lowest BCUT2D eigenvalue weighted by Gasteiger charge is -2.08. The lowest BCUT2D eigenvalue weighted by atomic mass is 10.2. The number of nitrogens with two attached hydrogens (primary N) is 1. The van der Waals surface area contributed by atoms with E-state index in [9.17, 15) is 8.42 Å². The number of methoxy groups -OCH3 is 1. The number of hydrogen-bond acceptors (Lipinski definition) is 6. The van der Waals surface area contributed by atoms with Crippen molar-refractivity contribution in [3.8, 4) is 5.75 Å². The number of ether oxygens (including phenoxy) is 1. The fraction of sp³-hybridized carbons (Fsp3) is 0.176. The van der Waals surface area contributed by atoms with Crippen molar-refractivity contribution < 1.29 is 13.2 Å². The van der Waals surface area contributed by atoms with Crippen LogP contribution in [0.2, 0.25) is 0 Å². The van der Waals surface area contributed by atoms with Crippen LogP contribution in [0, 0.1) is 0 Å². The third-order valence-electron chi connectivity index (χ3n) is 3.37. The summed E-state index contributed by atoms with van der Waals surface area (Å²) in [4.78, 5) is 8.73. The second-order valence-electron chi connectivity index (χ2n) is 5.22. The maximum absolute atomic E-state index is 11.1. The summed E-state index contributed by atoms with van der Waals surface area (Å²) in [6.45, 7) is 0. The van der Waals surface area contributed by atoms with E-state index in [4.69, 9.17) is 9.88 Å². The molecule has 0 unspecified atom stereocenters. The first-order chi connectivity index (χ1) is 11.4. The third-order valence-corrected chi connectivity index (χ3v) is 4.11. The first-order valence-corrected chi connectivity index (χ1v) is 8.82. The molecule has 3 rings (SSSR count). The topological polar surface area (TPSA) is 107 Å². The van der Waals surface area contributed by atoms with Crippen LogP contribution in [0.15, 0.2) is 48.7 Å². The summed E-state index contributed by atoms with van der Waals surface area (Å²) in [5.41, 5.74) is 2.06. The van der Waals surface area contributed by atoms with Crippen molar-refractivity contribution in [1.29, 1.82) is 0 Å². The molecule has 7 nitrogen and oxygen atoms in total. The second-order valence-corrected chi connectivity index (χ2v) is 6.84. The molecule has 132 valence electrons. The molecule has 0 amide bonds. The summed E-state index contributed by atoms with van der Waals surface area (Å²) in [6, 6.07) is 12.5. The molecule has 8 heteroatoms. The molecule has 0 spiro atoms. The van der Waals surface area contributed by atoms with Crippen molar-refractivity contribution in [3.63, 3.8) is 0 Å². The van der Waals surface area contributed by atoms with Crippen LogP contribution >= 0.6 is 0 Å². The Balaban J connectivity index is 0.00000225. The lowest BCUT2D eigenvalue weighted by molar-refractivity contribution is 0.419. The minimum absolute atomic E-state index is 0. The number of benzene rings is 2. The third kappa shape index (κ3) is 4.65. The van der Waals surface area contributed by atoms with Gasteiger partial charge in [0.05, 0.1) is 12.9 Å². The minimum Gasteiger partial charge on any atom is -0.494 e. The SMILES string of the molecule is C.COc1cccc2cnc(Nc3ccc(CS(N)(=O)=O)cc3)nc12. The van der Waals surface area contributed by atoms with Crippen LogP contribution in [-0.2, 0) is 15.8 Å². The number of para-hydroxylation sites is 1. The van der Waals surface area contributed by atoms with Crippen LogP contribution < -0.4 is 15.2 Å². The van der Waals surface area contributed by atoms with Gasteiger partial charge in [-0.25, -0.2) is 23.5 Å². The van der Waals surface area contributed by atoms with Crippen LogP contribution in [0.5, 0.6) is 5.75 Å². The maximum Gasteiger partial charge on any atom is 0.227 e. The molecule has 0 bridgehead atoms. The van der Waals surface area contributed by atoms with Gasteiger partial charge in [0.15, 0.2) is 0 Å². The molecule has 0 saturated carbocycles. The Kier molecular flexibility index (Phi) is 5.55. The molecule has 3 N–H and O–H groups in total. The maximum atomic E-state index is 11.1. The number of anilines is 2. The van der Waals surface area contributed by atoms with Crippen LogP contribution in [-0.4, -0.2) is 25.5 Å². The summed E-state index contributed by atoms with van der Waals surface area (Å²) in [5, 5.41) is 8.99. The summed E-state index contributed by atoms with van der Waals surface area (Å²) in [6.07, 6.45) is 1.71. The van der Waals surface area contributed by atoms with Gasteiger partial charge in [-0.2, -0.15) is 0 Å². The molecule has 0 aliphatic heterocycles. The van der Waals surface area contributed by atoms with Crippen LogP contribution in [0.25, 0.3) is 10.9 Å². The highest BCUT2D eigenvalue weighted by atomic mass is 32.2. The van der Waals surface area contributed by atoms with E-state index in [1.807, 2.05) is 18.2 Å². The van der Waals surface area contributed by atoms with Crippen molar-refractivity contribution >= 4 is 32.6 Å². The van der Waals surface area contributed by atoms with E-state index in [0.29, 0.717) is 22.8 Å². The normalized spacial score (nSPS) is 11.0. The Morgan fingerprint density at radius 1 is 1.16 bits per heavy atom. The highest BCUT2D eigenvalue weighted by Crippen LogP contribution is 2.24. The average molecular weight is 360 g/mol. The first-order valence-electron chi connectivity index (χ1n) is 7.11. The van der Waals surface area contributed by atoms with E-state index in [1.54, 1.807) is 37.6 Å². The van der Waals surface area contributed by atoms with Gasteiger partial charge in [-0.05, 0) is 23.8 Å². The smallest absolute Gasteiger partial charge is 0.227 e. The van der Waals surface area contributed by atoms with E-state index in [2.05, 4.69) is 15.3 Å². The van der Waals surface area contributed by atoms with Crippen molar-refractivity contribution in [1.82, 2.24) is 9.97 Å². The number of primary sulfonamides is 1. The molecule has 1 heterocycles. The van der Waals surface area contributed by atoms with E-state index < -0.39 is 10.0 Å². The highest BCUT2D eigenvalue weighted by Gasteiger charge is 2.07. The van der Waals surface area contributed by atoms with Crippen LogP contribution in [0.4, 0.5) is 11.6 Å². The number of aromatic nitrogens is 2. The molecule has 2 aromatic carbocycles. The number of sulfonamides is 1. The molecular weight excluding hydrogens is 340 g/mol. The Bertz CT molecular complexity index is 973. The molecule has 3 aromatic rings. The van der Waals surface area contributed by atoms with Crippen molar-refractivity contribution in [2.75, 3.05) is 12.4 Å². The van der Waals surface area contributed by atoms with Gasteiger partial charge in [-0.3, -0.25) is 0 Å². The minimum atomic E-state index is -3.54. The number of rotatable bonds is 5. The van der Waals surface area contributed by atoms with Gasteiger partial charge < -0.3 is 10.1 Å². The molecule has 0 atom stereocenters. The zero-order chi connectivity index (χ0) is 17.2. The number of fused-ring (bicyclic) bond motifs is 1. The Morgan fingerprint density at radius 3 is 2.52 bits per heavy atom. The molecule has 25 heavy (non-hydrogen) atoms. The number of nitrogens with one attached hydrogen (secondary N) is 1. The van der Waals surface area contributed by atoms with Crippen molar-refractivity contribution in [2.45, 2.75) is 13.2 Å². The van der Waals surface area contributed by atoms with E-state index in [-0.39, 0.29) is 13.2 Å². The van der Waals surface area contributed by atoms with Gasteiger partial charge in [0.2, 0.25) is 16.0 Å². The second kappa shape index (κ2) is 7.45. The molecular formula is C17H20N4O3S. The highest BCUT2D eigenvalue weighted by molar-refractivity contribution is 7.88. The quantitative estimate of drug-likeness (QED) is 0.724. The summed E-state index contributed by atoms with van der Waals surface area (Å²) < 4.78 is 27.5. The molecule has 0 aliphatic rings. The van der Waals surface area contributed by atoms with Gasteiger partial charge in [0.1, 0.15) is 11.3 Å². The van der Waals surface area contributed by atoms with Gasteiger partial charge in [-0.1, -0.05) is 31.7 Å². The predicted molar refractivity (Wildman–Crippen MR) is 99.4 cm³/mol. The predicted octanol–water partition coefficient (Wildman–Crippen LogP) is 2.81. The van der Waals surface area contributed by atoms with Gasteiger partial charge in [0.25, 0.3) is 0 Å². The first kappa shape index (κ1) is 18.6. The van der Waals surface area contributed by atoms with E-state index >= 15 is 0 Å². The van der Waals surface area contributed by atoms with Crippen molar-refractivity contribution in [2.24, 2.45) is 5.14 Å². The number of hydrogen-bond donors (Lipinski definition) is 2. The summed E-state index contributed by atoms with van der Waals surface area (Å²) in [5.74, 6) is 0.893. The molecule has 0 fully saturated rings. The molecule has 0 saturated heterocycles. The van der Waals surface area contributed by atoms with Crippen LogP contribution in [0.3, 0.4) is 0 Å². The van der Waals surface area contributed by atoms with Gasteiger partial charge >= 0.3 is 0 Å². The average Bonchev–Trinajstić information content (AvgIpc) is 2.55. The zero-order valence-corrected chi connectivity index (χ0v) is 13.7. The fourth-order valence-corrected chi connectivity index (χ4v) is 2.96. The standard InChI is InChI=1S/C16H16N4O3S.CH4/c1-23-14-4-2-3-12-9-18-16(20-15(12)14)19-13-7-5-11(6-8-13)10-24(17,21)22;/h2-9H,10H2,1H3,(H2,17,21,22)(H,18,19,20);1H4.